The van der Waals surface area contributed by atoms with Crippen LogP contribution in [0.4, 0.5) is 0 Å². The minimum atomic E-state index is 0.0511. The van der Waals surface area contributed by atoms with Crippen LogP contribution in [0, 0.1) is 0 Å². The molecule has 0 bridgehead atoms. The van der Waals surface area contributed by atoms with E-state index in [2.05, 4.69) is 40.0 Å². The van der Waals surface area contributed by atoms with Crippen LogP contribution in [-0.4, -0.2) is 30.6 Å². The normalized spacial score (nSPS) is 20.0. The molecule has 1 N–H and O–H groups in total. The lowest BCUT2D eigenvalue weighted by Gasteiger charge is -2.45. The molecule has 4 heteroatoms. The Bertz CT molecular complexity index is 383. The minimum absolute atomic E-state index is 0.0511. The lowest BCUT2D eigenvalue weighted by molar-refractivity contribution is 0.0560. The van der Waals surface area contributed by atoms with Crippen molar-refractivity contribution in [3.8, 4) is 0 Å². The van der Waals surface area contributed by atoms with Crippen LogP contribution in [0.1, 0.15) is 44.9 Å². The van der Waals surface area contributed by atoms with E-state index in [1.54, 1.807) is 6.26 Å². The molecular weight excluding hydrogens is 292 g/mol. The van der Waals surface area contributed by atoms with Gasteiger partial charge in [-0.25, -0.2) is 0 Å². The smallest absolute Gasteiger partial charge is 0.136 e. The van der Waals surface area contributed by atoms with Crippen molar-refractivity contribution in [1.29, 1.82) is 0 Å². The molecule has 0 amide bonds. The number of nitrogens with one attached hydrogen (secondary N) is 1. The van der Waals surface area contributed by atoms with E-state index in [-0.39, 0.29) is 11.6 Å². The van der Waals surface area contributed by atoms with Gasteiger partial charge in [-0.3, -0.25) is 4.90 Å². The molecule has 3 nitrogen and oxygen atoms in total. The fourth-order valence-corrected chi connectivity index (χ4v) is 3.40. The van der Waals surface area contributed by atoms with Gasteiger partial charge < -0.3 is 9.73 Å². The molecule has 1 saturated heterocycles. The van der Waals surface area contributed by atoms with Crippen molar-refractivity contribution in [3.05, 3.63) is 22.6 Å². The van der Waals surface area contributed by atoms with Gasteiger partial charge in [-0.05, 0) is 68.8 Å². The van der Waals surface area contributed by atoms with E-state index < -0.39 is 0 Å². The monoisotopic (exact) mass is 314 g/mol. The van der Waals surface area contributed by atoms with Crippen molar-refractivity contribution in [2.45, 2.75) is 44.7 Å². The number of likely N-dealkylation sites (tertiary alicyclic amines) is 1. The second-order valence-corrected chi connectivity index (χ2v) is 6.41. The molecule has 1 aromatic rings. The zero-order valence-corrected chi connectivity index (χ0v) is 13.1. The van der Waals surface area contributed by atoms with Crippen molar-refractivity contribution in [1.82, 2.24) is 10.2 Å². The molecule has 102 valence electrons. The second-order valence-electron chi connectivity index (χ2n) is 5.56. The molecule has 1 aromatic heterocycles. The number of piperidine rings is 1. The summed E-state index contributed by atoms with van der Waals surface area (Å²) in [4.78, 5) is 2.58. The Hall–Kier alpha value is -0.320. The third kappa shape index (κ3) is 2.65. The first-order chi connectivity index (χ1) is 8.57. The average Bonchev–Trinajstić information content (AvgIpc) is 2.78. The first-order valence-corrected chi connectivity index (χ1v) is 7.52. The van der Waals surface area contributed by atoms with Gasteiger partial charge in [0.2, 0.25) is 0 Å². The van der Waals surface area contributed by atoms with Crippen molar-refractivity contribution in [3.63, 3.8) is 0 Å². The summed E-state index contributed by atoms with van der Waals surface area (Å²) in [6.07, 6.45) is 5.72. The first-order valence-electron chi connectivity index (χ1n) is 6.72. The number of hydrogen-bond donors (Lipinski definition) is 1. The summed E-state index contributed by atoms with van der Waals surface area (Å²) in [6, 6.07) is 2.16. The number of halogens is 1. The number of likely N-dealkylation sites (N-methyl/N-ethyl adjacent to an activating group) is 1. The van der Waals surface area contributed by atoms with Gasteiger partial charge in [0.25, 0.3) is 0 Å². The van der Waals surface area contributed by atoms with Crippen LogP contribution < -0.4 is 5.32 Å². The summed E-state index contributed by atoms with van der Waals surface area (Å²) >= 11 is 3.57. The minimum Gasteiger partial charge on any atom is -0.466 e. The van der Waals surface area contributed by atoms with E-state index in [0.717, 1.165) is 10.2 Å². The highest BCUT2D eigenvalue weighted by atomic mass is 79.9. The van der Waals surface area contributed by atoms with Gasteiger partial charge >= 0.3 is 0 Å². The largest absolute Gasteiger partial charge is 0.466 e. The van der Waals surface area contributed by atoms with E-state index in [1.165, 1.54) is 32.4 Å². The van der Waals surface area contributed by atoms with Gasteiger partial charge in [-0.1, -0.05) is 6.42 Å². The molecule has 2 heterocycles. The SMILES string of the molecule is CNC(c1occc1Br)C(C)(C)N1CCCCC1. The lowest BCUT2D eigenvalue weighted by atomic mass is 9.88. The topological polar surface area (TPSA) is 28.4 Å². The van der Waals surface area contributed by atoms with Crippen molar-refractivity contribution in [2.24, 2.45) is 0 Å². The van der Waals surface area contributed by atoms with Crippen molar-refractivity contribution >= 4 is 15.9 Å². The van der Waals surface area contributed by atoms with E-state index in [0.29, 0.717) is 0 Å². The fraction of sp³-hybridized carbons (Fsp3) is 0.714. The molecule has 1 aliphatic heterocycles. The maximum Gasteiger partial charge on any atom is 0.136 e. The van der Waals surface area contributed by atoms with E-state index >= 15 is 0 Å². The Morgan fingerprint density at radius 1 is 1.33 bits per heavy atom. The maximum atomic E-state index is 5.66. The van der Waals surface area contributed by atoms with Gasteiger partial charge in [-0.2, -0.15) is 0 Å². The lowest BCUT2D eigenvalue weighted by Crippen LogP contribution is -2.53. The summed E-state index contributed by atoms with van der Waals surface area (Å²) < 4.78 is 6.71. The van der Waals surface area contributed by atoms with Gasteiger partial charge in [0.05, 0.1) is 16.8 Å². The second kappa shape index (κ2) is 5.76. The molecule has 0 aromatic carbocycles. The van der Waals surface area contributed by atoms with Crippen LogP contribution in [0.15, 0.2) is 21.2 Å². The van der Waals surface area contributed by atoms with Gasteiger partial charge in [-0.15, -0.1) is 0 Å². The fourth-order valence-electron chi connectivity index (χ4n) is 2.97. The van der Waals surface area contributed by atoms with E-state index in [9.17, 15) is 0 Å². The highest BCUT2D eigenvalue weighted by molar-refractivity contribution is 9.10. The molecule has 1 aliphatic rings. The number of hydrogen-bond acceptors (Lipinski definition) is 3. The molecule has 0 radical (unpaired) electrons. The van der Waals surface area contributed by atoms with Gasteiger partial charge in [0, 0.05) is 5.54 Å². The molecule has 18 heavy (non-hydrogen) atoms. The van der Waals surface area contributed by atoms with Crippen LogP contribution in [0.2, 0.25) is 0 Å². The molecule has 0 saturated carbocycles. The Labute approximate surface area is 118 Å². The van der Waals surface area contributed by atoms with Crippen LogP contribution >= 0.6 is 15.9 Å². The molecular formula is C14H23BrN2O. The zero-order chi connectivity index (χ0) is 13.2. The summed E-state index contributed by atoms with van der Waals surface area (Å²) in [5, 5.41) is 3.42. The number of nitrogens with zero attached hydrogens (tertiary/aromatic N) is 1. The predicted molar refractivity (Wildman–Crippen MR) is 77.7 cm³/mol. The Morgan fingerprint density at radius 3 is 2.50 bits per heavy atom. The summed E-state index contributed by atoms with van der Waals surface area (Å²) in [5.41, 5.74) is 0.0511. The van der Waals surface area contributed by atoms with Gasteiger partial charge in [0.15, 0.2) is 0 Å². The maximum absolute atomic E-state index is 5.66. The van der Waals surface area contributed by atoms with Crippen LogP contribution in [-0.2, 0) is 0 Å². The predicted octanol–water partition coefficient (Wildman–Crippen LogP) is 3.57. The zero-order valence-electron chi connectivity index (χ0n) is 11.5. The molecule has 1 unspecified atom stereocenters. The Kier molecular flexibility index (Phi) is 4.51. The summed E-state index contributed by atoms with van der Waals surface area (Å²) in [6.45, 7) is 6.97. The molecule has 1 fully saturated rings. The molecule has 2 rings (SSSR count). The highest BCUT2D eigenvalue weighted by Crippen LogP contribution is 2.36. The quantitative estimate of drug-likeness (QED) is 0.921. The first kappa shape index (κ1) is 14.1. The van der Waals surface area contributed by atoms with Gasteiger partial charge in [0.1, 0.15) is 5.76 Å². The van der Waals surface area contributed by atoms with E-state index in [4.69, 9.17) is 4.42 Å². The summed E-state index contributed by atoms with van der Waals surface area (Å²) in [7, 11) is 2.01. The Balaban J connectivity index is 2.22. The van der Waals surface area contributed by atoms with Crippen molar-refractivity contribution < 1.29 is 4.42 Å². The Morgan fingerprint density at radius 2 is 2.00 bits per heavy atom. The highest BCUT2D eigenvalue weighted by Gasteiger charge is 2.38. The number of rotatable bonds is 4. The third-order valence-electron chi connectivity index (χ3n) is 4.07. The molecule has 1 atom stereocenters. The van der Waals surface area contributed by atoms with Crippen LogP contribution in [0.5, 0.6) is 0 Å². The average molecular weight is 315 g/mol. The molecule has 0 aliphatic carbocycles. The third-order valence-corrected chi connectivity index (χ3v) is 4.73. The van der Waals surface area contributed by atoms with E-state index in [1.807, 2.05) is 13.1 Å². The molecule has 0 spiro atoms. The van der Waals surface area contributed by atoms with Crippen LogP contribution in [0.3, 0.4) is 0 Å². The van der Waals surface area contributed by atoms with Crippen LogP contribution in [0.25, 0.3) is 0 Å². The van der Waals surface area contributed by atoms with Crippen molar-refractivity contribution in [2.75, 3.05) is 20.1 Å². The number of furan rings is 1. The summed E-state index contributed by atoms with van der Waals surface area (Å²) in [5.74, 6) is 0.994. The standard InChI is InChI=1S/C14H23BrN2O/c1-14(2,17-8-5-4-6-9-17)13(16-3)12-11(15)7-10-18-12/h7,10,13,16H,4-6,8-9H2,1-3H3.